The van der Waals surface area contributed by atoms with E-state index in [4.69, 9.17) is 23.2 Å². The zero-order valence-electron chi connectivity index (χ0n) is 21.6. The van der Waals surface area contributed by atoms with Crippen molar-refractivity contribution < 1.29 is 40.7 Å². The number of halogens is 8. The lowest BCUT2D eigenvalue weighted by Gasteiger charge is -2.34. The summed E-state index contributed by atoms with van der Waals surface area (Å²) in [5.74, 6) is -4.88. The smallest absolute Gasteiger partial charge is 0.355 e. The Hall–Kier alpha value is -3.25. The molecule has 6 nitrogen and oxygen atoms in total. The van der Waals surface area contributed by atoms with Crippen molar-refractivity contribution in [2.45, 2.75) is 50.1 Å². The maximum atomic E-state index is 14.3. The minimum Gasteiger partial charge on any atom is -0.355 e. The number of nitrogens with one attached hydrogen (secondary N) is 2. The second kappa shape index (κ2) is 12.7. The molecule has 1 saturated heterocycles. The number of hydrogen-bond acceptors (Lipinski definition) is 3. The third-order valence-corrected chi connectivity index (χ3v) is 7.34. The van der Waals surface area contributed by atoms with E-state index in [2.05, 4.69) is 11.9 Å². The van der Waals surface area contributed by atoms with Crippen LogP contribution >= 0.6 is 23.2 Å². The number of carbonyl (C=O) groups is 3. The van der Waals surface area contributed by atoms with Crippen molar-refractivity contribution in [3.8, 4) is 0 Å². The van der Waals surface area contributed by atoms with Crippen LogP contribution < -0.4 is 10.6 Å². The van der Waals surface area contributed by atoms with Gasteiger partial charge in [-0.3, -0.25) is 14.4 Å². The summed E-state index contributed by atoms with van der Waals surface area (Å²) in [4.78, 5) is 40.8. The Morgan fingerprint density at radius 3 is 2.34 bits per heavy atom. The van der Waals surface area contributed by atoms with Crippen LogP contribution in [-0.2, 0) is 28.5 Å². The van der Waals surface area contributed by atoms with Crippen LogP contribution in [0.5, 0.6) is 0 Å². The van der Waals surface area contributed by atoms with E-state index in [0.29, 0.717) is 24.9 Å². The van der Waals surface area contributed by atoms with Crippen molar-refractivity contribution >= 4 is 40.9 Å². The van der Waals surface area contributed by atoms with Crippen LogP contribution in [0.1, 0.15) is 57.8 Å². The van der Waals surface area contributed by atoms with Gasteiger partial charge in [-0.15, -0.1) is 6.58 Å². The maximum Gasteiger partial charge on any atom is 0.416 e. The van der Waals surface area contributed by atoms with Gasteiger partial charge in [0.05, 0.1) is 27.1 Å². The quantitative estimate of drug-likeness (QED) is 0.278. The van der Waals surface area contributed by atoms with Crippen molar-refractivity contribution in [1.29, 1.82) is 0 Å². The van der Waals surface area contributed by atoms with Gasteiger partial charge in [-0.05, 0) is 54.7 Å². The molecule has 1 heterocycles. The summed E-state index contributed by atoms with van der Waals surface area (Å²) in [6.45, 7) is 3.47. The van der Waals surface area contributed by atoms with Crippen molar-refractivity contribution in [3.63, 3.8) is 0 Å². The molecule has 3 amide bonds. The lowest BCUT2D eigenvalue weighted by Crippen LogP contribution is -2.49. The van der Waals surface area contributed by atoms with Gasteiger partial charge in [0, 0.05) is 25.7 Å². The highest BCUT2D eigenvalue weighted by Gasteiger charge is 2.44. The summed E-state index contributed by atoms with van der Waals surface area (Å²) < 4.78 is 83.5. The highest BCUT2D eigenvalue weighted by molar-refractivity contribution is 6.42. The van der Waals surface area contributed by atoms with Crippen molar-refractivity contribution in [1.82, 2.24) is 15.5 Å². The van der Waals surface area contributed by atoms with Crippen molar-refractivity contribution in [3.05, 3.63) is 80.8 Å². The maximum absolute atomic E-state index is 14.3. The van der Waals surface area contributed by atoms with Crippen LogP contribution in [0.4, 0.5) is 26.3 Å². The molecule has 2 aromatic rings. The molecule has 0 unspecified atom stereocenters. The second-order valence-electron chi connectivity index (χ2n) is 9.29. The van der Waals surface area contributed by atoms with E-state index in [1.165, 1.54) is 18.2 Å². The van der Waals surface area contributed by atoms with Crippen LogP contribution in [0.2, 0.25) is 10.0 Å². The Bertz CT molecular complexity index is 1350. The minimum absolute atomic E-state index is 0.117. The third kappa shape index (κ3) is 7.34. The molecule has 3 rings (SSSR count). The third-order valence-electron chi connectivity index (χ3n) is 6.60. The topological polar surface area (TPSA) is 78.5 Å². The van der Waals surface area contributed by atoms with E-state index >= 15 is 0 Å². The van der Waals surface area contributed by atoms with E-state index in [9.17, 15) is 40.7 Å². The number of amides is 3. The fraction of sp³-hybridized carbons (Fsp3) is 0.370. The summed E-state index contributed by atoms with van der Waals surface area (Å²) in [7, 11) is 1.02. The average Bonchev–Trinajstić information content (AvgIpc) is 3.11. The lowest BCUT2D eigenvalue weighted by atomic mass is 9.85. The molecule has 1 aliphatic heterocycles. The van der Waals surface area contributed by atoms with Gasteiger partial charge in [-0.1, -0.05) is 35.3 Å². The number of hydrogen-bond donors (Lipinski definition) is 2. The molecular formula is C27H25Cl2F6N3O3. The first-order chi connectivity index (χ1) is 19.1. The molecule has 2 aromatic carbocycles. The minimum atomic E-state index is -5.39. The monoisotopic (exact) mass is 623 g/mol. The molecule has 0 radical (unpaired) electrons. The number of carbonyl (C=O) groups excluding carboxylic acids is 3. The molecule has 222 valence electrons. The average molecular weight is 624 g/mol. The van der Waals surface area contributed by atoms with Gasteiger partial charge in [0.15, 0.2) is 0 Å². The van der Waals surface area contributed by atoms with Crippen molar-refractivity contribution in [2.24, 2.45) is 0 Å². The number of rotatable bonds is 7. The van der Waals surface area contributed by atoms with Gasteiger partial charge in [0.2, 0.25) is 11.8 Å². The van der Waals surface area contributed by atoms with Crippen LogP contribution in [0.25, 0.3) is 0 Å². The Morgan fingerprint density at radius 2 is 1.78 bits per heavy atom. The highest BCUT2D eigenvalue weighted by atomic mass is 35.5. The molecule has 0 aromatic heterocycles. The lowest BCUT2D eigenvalue weighted by molar-refractivity contribution is -0.145. The molecule has 41 heavy (non-hydrogen) atoms. The number of alkyl halides is 6. The summed E-state index contributed by atoms with van der Waals surface area (Å²) in [6.07, 6.45) is -8.58. The van der Waals surface area contributed by atoms with Crippen LogP contribution in [0.15, 0.2) is 43.0 Å². The summed E-state index contributed by atoms with van der Waals surface area (Å²) in [5.41, 5.74) is -5.20. The molecule has 1 fully saturated rings. The Labute approximate surface area is 241 Å². The molecule has 14 heteroatoms. The fourth-order valence-corrected chi connectivity index (χ4v) is 4.95. The first-order valence-corrected chi connectivity index (χ1v) is 13.0. The van der Waals surface area contributed by atoms with Gasteiger partial charge >= 0.3 is 12.4 Å². The SMILES string of the molecule is C=C[C@@H](C(=O)N(Cc1ccc(Cl)c(Cl)c1)[C@@H]1CCCCNC1=O)c1c(C(=O)NC)cc(C(F)(F)F)cc1C(F)(F)F. The Balaban J connectivity index is 2.26. The van der Waals surface area contributed by atoms with E-state index in [1.54, 1.807) is 0 Å². The van der Waals surface area contributed by atoms with E-state index in [-0.39, 0.29) is 35.1 Å². The molecule has 0 spiro atoms. The van der Waals surface area contributed by atoms with Crippen LogP contribution in [0, 0.1) is 0 Å². The van der Waals surface area contributed by atoms with Gasteiger partial charge < -0.3 is 15.5 Å². The summed E-state index contributed by atoms with van der Waals surface area (Å²) in [6, 6.07) is 3.32. The molecule has 0 aliphatic carbocycles. The van der Waals surface area contributed by atoms with E-state index in [1.807, 2.05) is 5.32 Å². The van der Waals surface area contributed by atoms with Crippen LogP contribution in [0.3, 0.4) is 0 Å². The standard InChI is InChI=1S/C27H25Cl2F6N3O3/c1-3-16(22-17(23(39)36-2)11-15(26(30,31)32)12-18(22)27(33,34)35)25(41)38(21-6-4-5-9-37-24(21)40)13-14-7-8-19(28)20(29)10-14/h3,7-8,10-12,16,21H,1,4-6,9,13H2,2H3,(H,36,39)(H,37,40)/t16-,21-/m1/s1. The summed E-state index contributed by atoms with van der Waals surface area (Å²) >= 11 is 12.1. The van der Waals surface area contributed by atoms with Gasteiger partial charge in [0.1, 0.15) is 6.04 Å². The van der Waals surface area contributed by atoms with E-state index < -0.39 is 64.3 Å². The normalized spacial score (nSPS) is 16.8. The fourth-order valence-electron chi connectivity index (χ4n) is 4.63. The molecule has 0 saturated carbocycles. The van der Waals surface area contributed by atoms with Gasteiger partial charge in [-0.2, -0.15) is 26.3 Å². The predicted octanol–water partition coefficient (Wildman–Crippen LogP) is 6.36. The first-order valence-electron chi connectivity index (χ1n) is 12.3. The second-order valence-corrected chi connectivity index (χ2v) is 10.1. The zero-order valence-corrected chi connectivity index (χ0v) is 23.1. The highest BCUT2D eigenvalue weighted by Crippen LogP contribution is 2.42. The largest absolute Gasteiger partial charge is 0.416 e. The summed E-state index contributed by atoms with van der Waals surface area (Å²) in [5, 5.41) is 5.00. The van der Waals surface area contributed by atoms with E-state index in [0.717, 1.165) is 18.0 Å². The zero-order chi connectivity index (χ0) is 30.7. The van der Waals surface area contributed by atoms with Crippen LogP contribution in [-0.4, -0.2) is 42.3 Å². The molecule has 0 bridgehead atoms. The first kappa shape index (κ1) is 32.3. The van der Waals surface area contributed by atoms with Gasteiger partial charge in [-0.25, -0.2) is 0 Å². The molecule has 1 aliphatic rings. The Kier molecular flexibility index (Phi) is 10.0. The predicted molar refractivity (Wildman–Crippen MR) is 140 cm³/mol. The Morgan fingerprint density at radius 1 is 1.10 bits per heavy atom. The number of benzene rings is 2. The van der Waals surface area contributed by atoms with Crippen molar-refractivity contribution in [2.75, 3.05) is 13.6 Å². The number of nitrogens with zero attached hydrogens (tertiary/aromatic N) is 1. The molecule has 2 N–H and O–H groups in total. The molecule has 2 atom stereocenters. The molecular weight excluding hydrogens is 599 g/mol. The van der Waals surface area contributed by atoms with Gasteiger partial charge in [0.25, 0.3) is 5.91 Å².